The second-order valence-corrected chi connectivity index (χ2v) is 12.9. The number of hydrogen-bond acceptors (Lipinski definition) is 1. The van der Waals surface area contributed by atoms with Crippen LogP contribution in [-0.2, 0) is 11.2 Å². The molecule has 2 nitrogen and oxygen atoms in total. The lowest BCUT2D eigenvalue weighted by atomic mass is 9.77. The van der Waals surface area contributed by atoms with Crippen molar-refractivity contribution in [1.82, 2.24) is 0 Å². The highest BCUT2D eigenvalue weighted by Crippen LogP contribution is 2.39. The van der Waals surface area contributed by atoms with E-state index >= 15 is 0 Å². The van der Waals surface area contributed by atoms with E-state index in [2.05, 4.69) is 86.6 Å². The molecule has 0 amide bonds. The van der Waals surface area contributed by atoms with Crippen LogP contribution in [-0.4, -0.2) is 11.1 Å². The second kappa shape index (κ2) is 17.3. The molecule has 226 valence electrons. The van der Waals surface area contributed by atoms with Crippen LogP contribution in [0.4, 0.5) is 0 Å². The number of benzene rings is 3. The third kappa shape index (κ3) is 9.58. The van der Waals surface area contributed by atoms with Gasteiger partial charge in [0.2, 0.25) is 0 Å². The van der Waals surface area contributed by atoms with Crippen LogP contribution in [0.1, 0.15) is 127 Å². The topological polar surface area (TPSA) is 37.3 Å². The molecule has 2 heteroatoms. The lowest BCUT2D eigenvalue weighted by Crippen LogP contribution is -2.13. The average molecular weight is 567 g/mol. The highest BCUT2D eigenvalue weighted by Gasteiger charge is 2.22. The Morgan fingerprint density at radius 2 is 1.29 bits per heavy atom. The van der Waals surface area contributed by atoms with E-state index in [4.69, 9.17) is 0 Å². The number of carboxylic acids is 1. The third-order valence-electron chi connectivity index (χ3n) is 9.70. The van der Waals surface area contributed by atoms with E-state index in [1.165, 1.54) is 104 Å². The number of unbranched alkanes of at least 4 members (excludes halogenated alkanes) is 5. The Labute approximate surface area is 256 Å². The third-order valence-corrected chi connectivity index (χ3v) is 9.70. The van der Waals surface area contributed by atoms with Crippen LogP contribution >= 0.6 is 0 Å². The van der Waals surface area contributed by atoms with Crippen molar-refractivity contribution >= 4 is 5.97 Å². The molecule has 1 aliphatic rings. The number of carboxylic acid groups (broad SMARTS) is 1. The maximum atomic E-state index is 11.5. The summed E-state index contributed by atoms with van der Waals surface area (Å²) in [5, 5.41) is 9.43. The Morgan fingerprint density at radius 3 is 1.88 bits per heavy atom. The molecule has 0 spiro atoms. The van der Waals surface area contributed by atoms with Crippen LogP contribution in [0.15, 0.2) is 72.8 Å². The van der Waals surface area contributed by atoms with Crippen molar-refractivity contribution in [3.63, 3.8) is 0 Å². The van der Waals surface area contributed by atoms with E-state index < -0.39 is 5.97 Å². The average Bonchev–Trinajstić information content (AvgIpc) is 3.03. The molecular formula is C40H54O2. The van der Waals surface area contributed by atoms with Crippen LogP contribution in [0.25, 0.3) is 22.3 Å². The highest BCUT2D eigenvalue weighted by atomic mass is 16.4. The molecule has 0 radical (unpaired) electrons. The van der Waals surface area contributed by atoms with Gasteiger partial charge in [-0.3, -0.25) is 4.79 Å². The first kappa shape index (κ1) is 32.1. The summed E-state index contributed by atoms with van der Waals surface area (Å²) in [4.78, 5) is 11.5. The lowest BCUT2D eigenvalue weighted by molar-refractivity contribution is -0.142. The summed E-state index contributed by atoms with van der Waals surface area (Å²) in [5.41, 5.74) is 7.86. The van der Waals surface area contributed by atoms with Gasteiger partial charge in [0.05, 0.1) is 5.92 Å². The fraction of sp³-hybridized carbons (Fsp3) is 0.525. The molecule has 0 aromatic heterocycles. The van der Waals surface area contributed by atoms with Crippen molar-refractivity contribution in [3.8, 4) is 22.3 Å². The first-order valence-corrected chi connectivity index (χ1v) is 17.1. The van der Waals surface area contributed by atoms with Crippen LogP contribution < -0.4 is 0 Å². The Hall–Kier alpha value is -2.87. The van der Waals surface area contributed by atoms with Crippen molar-refractivity contribution in [2.45, 2.75) is 122 Å². The summed E-state index contributed by atoms with van der Waals surface area (Å²) in [5.74, 6) is 0.809. The molecule has 3 aromatic rings. The molecule has 4 rings (SSSR count). The molecule has 42 heavy (non-hydrogen) atoms. The van der Waals surface area contributed by atoms with Crippen molar-refractivity contribution in [3.05, 3.63) is 83.9 Å². The quantitative estimate of drug-likeness (QED) is 0.165. The minimum Gasteiger partial charge on any atom is -0.481 e. The molecule has 0 heterocycles. The number of aryl methyl sites for hydroxylation is 1. The molecule has 1 atom stereocenters. The van der Waals surface area contributed by atoms with Crippen LogP contribution in [0, 0.1) is 11.8 Å². The van der Waals surface area contributed by atoms with Crippen LogP contribution in [0.5, 0.6) is 0 Å². The number of carbonyl (C=O) groups is 1. The van der Waals surface area contributed by atoms with Gasteiger partial charge in [0.1, 0.15) is 0 Å². The fourth-order valence-corrected chi connectivity index (χ4v) is 7.06. The SMILES string of the molecule is CCCCCCCCC1CCC(c2ccc(-c3ccccc3-c3ccc(CCCC(CCC)C(=O)O)cc3)cc2)CC1. The zero-order chi connectivity index (χ0) is 29.6. The Balaban J connectivity index is 1.31. The van der Waals surface area contributed by atoms with Crippen molar-refractivity contribution in [2.24, 2.45) is 11.8 Å². The Bertz CT molecular complexity index is 1190. The summed E-state index contributed by atoms with van der Waals surface area (Å²) in [6.45, 7) is 4.36. The number of rotatable bonds is 17. The predicted molar refractivity (Wildman–Crippen MR) is 179 cm³/mol. The summed E-state index contributed by atoms with van der Waals surface area (Å²) in [7, 11) is 0. The zero-order valence-corrected chi connectivity index (χ0v) is 26.3. The summed E-state index contributed by atoms with van der Waals surface area (Å²) >= 11 is 0. The van der Waals surface area contributed by atoms with Crippen molar-refractivity contribution in [1.29, 1.82) is 0 Å². The molecular weight excluding hydrogens is 512 g/mol. The van der Waals surface area contributed by atoms with Crippen LogP contribution in [0.3, 0.4) is 0 Å². The first-order valence-electron chi connectivity index (χ1n) is 17.1. The highest BCUT2D eigenvalue weighted by molar-refractivity contribution is 5.83. The molecule has 1 unspecified atom stereocenters. The summed E-state index contributed by atoms with van der Waals surface area (Å²) < 4.78 is 0. The van der Waals surface area contributed by atoms with Gasteiger partial charge in [-0.15, -0.1) is 0 Å². The number of aliphatic carboxylic acids is 1. The fourth-order valence-electron chi connectivity index (χ4n) is 7.06. The van der Waals surface area contributed by atoms with Gasteiger partial charge in [0.15, 0.2) is 0 Å². The molecule has 1 N–H and O–H groups in total. The number of hydrogen-bond donors (Lipinski definition) is 1. The largest absolute Gasteiger partial charge is 0.481 e. The minimum atomic E-state index is -0.650. The summed E-state index contributed by atoms with van der Waals surface area (Å²) in [6, 6.07) is 27.1. The van der Waals surface area contributed by atoms with Gasteiger partial charge < -0.3 is 5.11 Å². The van der Waals surface area contributed by atoms with Gasteiger partial charge in [-0.2, -0.15) is 0 Å². The van der Waals surface area contributed by atoms with E-state index in [9.17, 15) is 9.90 Å². The molecule has 0 aliphatic heterocycles. The molecule has 1 saturated carbocycles. The smallest absolute Gasteiger partial charge is 0.306 e. The monoisotopic (exact) mass is 566 g/mol. The molecule has 3 aromatic carbocycles. The van der Waals surface area contributed by atoms with E-state index in [0.29, 0.717) is 0 Å². The van der Waals surface area contributed by atoms with E-state index in [1.807, 2.05) is 0 Å². The predicted octanol–water partition coefficient (Wildman–Crippen LogP) is 11.9. The second-order valence-electron chi connectivity index (χ2n) is 12.9. The molecule has 0 bridgehead atoms. The van der Waals surface area contributed by atoms with Gasteiger partial charge in [-0.25, -0.2) is 0 Å². The van der Waals surface area contributed by atoms with Gasteiger partial charge in [0, 0.05) is 0 Å². The molecule has 0 saturated heterocycles. The van der Waals surface area contributed by atoms with E-state index in [0.717, 1.165) is 43.9 Å². The first-order chi connectivity index (χ1) is 20.6. The van der Waals surface area contributed by atoms with E-state index in [-0.39, 0.29) is 5.92 Å². The summed E-state index contributed by atoms with van der Waals surface area (Å²) in [6.07, 6.45) is 19.7. The van der Waals surface area contributed by atoms with Gasteiger partial charge in [0.25, 0.3) is 0 Å². The molecule has 1 aliphatic carbocycles. The van der Waals surface area contributed by atoms with Gasteiger partial charge in [-0.05, 0) is 96.6 Å². The normalized spacial score (nSPS) is 17.7. The Kier molecular flexibility index (Phi) is 13.2. The van der Waals surface area contributed by atoms with Crippen molar-refractivity contribution in [2.75, 3.05) is 0 Å². The minimum absolute atomic E-state index is 0.211. The Morgan fingerprint density at radius 1 is 0.690 bits per heavy atom. The van der Waals surface area contributed by atoms with Gasteiger partial charge >= 0.3 is 5.97 Å². The van der Waals surface area contributed by atoms with Crippen LogP contribution in [0.2, 0.25) is 0 Å². The van der Waals surface area contributed by atoms with E-state index in [1.54, 1.807) is 0 Å². The van der Waals surface area contributed by atoms with Gasteiger partial charge in [-0.1, -0.05) is 138 Å². The zero-order valence-electron chi connectivity index (χ0n) is 26.3. The maximum Gasteiger partial charge on any atom is 0.306 e. The van der Waals surface area contributed by atoms with Crippen molar-refractivity contribution < 1.29 is 9.90 Å². The molecule has 1 fully saturated rings. The maximum absolute atomic E-state index is 11.5. The standard InChI is InChI=1S/C40H54O2/c1-3-5-6-7-8-9-14-31-19-23-33(24-20-31)34-27-29-36(30-28-34)39-18-11-10-17-38(39)35-25-21-32(22-26-35)15-12-16-37(13-4-2)40(41)42/h10-11,17-18,21-22,25-31,33,37H,3-9,12-16,19-20,23-24H2,1-2H3,(H,41,42). The lowest BCUT2D eigenvalue weighted by Gasteiger charge is -2.29.